The van der Waals surface area contributed by atoms with Gasteiger partial charge in [0.15, 0.2) is 0 Å². The average Bonchev–Trinajstić information content (AvgIpc) is 2.67. The van der Waals surface area contributed by atoms with Crippen molar-refractivity contribution in [2.45, 2.75) is 63.7 Å². The minimum absolute atomic E-state index is 0.554. The molecule has 1 fully saturated rings. The van der Waals surface area contributed by atoms with Gasteiger partial charge in [-0.15, -0.1) is 0 Å². The Hall–Kier alpha value is -2.14. The highest BCUT2D eigenvalue weighted by Gasteiger charge is 2.24. The van der Waals surface area contributed by atoms with Crippen LogP contribution in [0.4, 0.5) is 0 Å². The number of pyridine rings is 1. The zero-order chi connectivity index (χ0) is 16.8. The van der Waals surface area contributed by atoms with Crippen LogP contribution in [0.15, 0.2) is 42.6 Å². The fourth-order valence-electron chi connectivity index (χ4n) is 3.77. The minimum atomic E-state index is 0.554. The minimum Gasteiger partial charge on any atom is -0.260 e. The van der Waals surface area contributed by atoms with Crippen LogP contribution in [0.5, 0.6) is 0 Å². The van der Waals surface area contributed by atoms with Crippen molar-refractivity contribution in [2.75, 3.05) is 0 Å². The highest BCUT2D eigenvalue weighted by molar-refractivity contribution is 5.29. The van der Waals surface area contributed by atoms with Crippen LogP contribution in [0.3, 0.4) is 0 Å². The van der Waals surface area contributed by atoms with Crippen LogP contribution in [0, 0.1) is 11.3 Å². The largest absolute Gasteiger partial charge is 0.260 e. The number of rotatable bonds is 5. The molecule has 24 heavy (non-hydrogen) atoms. The Morgan fingerprint density at radius 2 is 1.71 bits per heavy atom. The first-order chi connectivity index (χ1) is 11.8. The van der Waals surface area contributed by atoms with Gasteiger partial charge < -0.3 is 0 Å². The first-order valence-electron chi connectivity index (χ1n) is 9.25. The van der Waals surface area contributed by atoms with E-state index in [0.717, 1.165) is 5.69 Å². The van der Waals surface area contributed by atoms with E-state index in [1.54, 1.807) is 6.20 Å². The molecule has 1 aromatic heterocycles. The third-order valence-electron chi connectivity index (χ3n) is 5.33. The quantitative estimate of drug-likeness (QED) is 0.705. The van der Waals surface area contributed by atoms with Gasteiger partial charge in [0.2, 0.25) is 0 Å². The fraction of sp³-hybridized carbons (Fsp3) is 0.455. The van der Waals surface area contributed by atoms with E-state index >= 15 is 0 Å². The third kappa shape index (κ3) is 4.03. The summed E-state index contributed by atoms with van der Waals surface area (Å²) < 4.78 is 0. The molecule has 1 heterocycles. The van der Waals surface area contributed by atoms with E-state index in [-0.39, 0.29) is 0 Å². The highest BCUT2D eigenvalue weighted by Crippen LogP contribution is 2.39. The molecular formula is C22H26N2. The maximum absolute atomic E-state index is 8.88. The predicted molar refractivity (Wildman–Crippen MR) is 98.0 cm³/mol. The van der Waals surface area contributed by atoms with Gasteiger partial charge in [0.25, 0.3) is 0 Å². The van der Waals surface area contributed by atoms with Crippen LogP contribution < -0.4 is 0 Å². The second kappa shape index (κ2) is 8.11. The lowest BCUT2D eigenvalue weighted by molar-refractivity contribution is 0.391. The summed E-state index contributed by atoms with van der Waals surface area (Å²) in [5.41, 5.74) is 4.77. The van der Waals surface area contributed by atoms with E-state index in [9.17, 15) is 0 Å². The molecule has 2 nitrogen and oxygen atoms in total. The van der Waals surface area contributed by atoms with Crippen LogP contribution in [0.1, 0.15) is 79.7 Å². The number of aryl methyl sites for hydroxylation is 1. The van der Waals surface area contributed by atoms with Gasteiger partial charge in [-0.05, 0) is 67.7 Å². The van der Waals surface area contributed by atoms with Gasteiger partial charge in [0.1, 0.15) is 6.07 Å². The van der Waals surface area contributed by atoms with Crippen molar-refractivity contribution in [3.63, 3.8) is 0 Å². The second-order valence-corrected chi connectivity index (χ2v) is 6.98. The molecule has 0 aliphatic heterocycles. The first-order valence-corrected chi connectivity index (χ1v) is 9.25. The number of aromatic nitrogens is 1. The van der Waals surface area contributed by atoms with E-state index in [1.165, 1.54) is 56.1 Å². The Morgan fingerprint density at radius 3 is 2.29 bits per heavy atom. The summed E-state index contributed by atoms with van der Waals surface area (Å²) in [6.07, 6.45) is 10.3. The molecule has 0 atom stereocenters. The van der Waals surface area contributed by atoms with Crippen molar-refractivity contribution in [1.82, 2.24) is 4.98 Å². The van der Waals surface area contributed by atoms with Gasteiger partial charge in [0, 0.05) is 17.8 Å². The lowest BCUT2D eigenvalue weighted by Crippen LogP contribution is -2.13. The summed E-state index contributed by atoms with van der Waals surface area (Å²) in [6.45, 7) is 2.25. The molecule has 0 unspecified atom stereocenters. The number of nitrogens with zero attached hydrogens (tertiary/aromatic N) is 2. The number of unbranched alkanes of at least 4 members (excludes halogenated alkanes) is 1. The van der Waals surface area contributed by atoms with Crippen molar-refractivity contribution in [1.29, 1.82) is 5.26 Å². The molecule has 1 saturated carbocycles. The number of hydrogen-bond acceptors (Lipinski definition) is 2. The Morgan fingerprint density at radius 1 is 1.00 bits per heavy atom. The van der Waals surface area contributed by atoms with Crippen LogP contribution in [-0.2, 0) is 6.42 Å². The van der Waals surface area contributed by atoms with Gasteiger partial charge in [-0.2, -0.15) is 5.26 Å². The molecule has 0 amide bonds. The molecule has 0 radical (unpaired) electrons. The summed E-state index contributed by atoms with van der Waals surface area (Å²) in [7, 11) is 0. The molecule has 2 heteroatoms. The molecule has 3 rings (SSSR count). The number of benzene rings is 1. The molecule has 1 aliphatic rings. The van der Waals surface area contributed by atoms with Gasteiger partial charge in [-0.1, -0.05) is 37.6 Å². The smallest absolute Gasteiger partial charge is 0.101 e. The zero-order valence-corrected chi connectivity index (χ0v) is 14.5. The summed E-state index contributed by atoms with van der Waals surface area (Å²) in [5, 5.41) is 8.88. The van der Waals surface area contributed by atoms with Crippen LogP contribution in [0.2, 0.25) is 0 Å². The summed E-state index contributed by atoms with van der Waals surface area (Å²) in [5.74, 6) is 1.25. The van der Waals surface area contributed by atoms with Crippen LogP contribution in [0.25, 0.3) is 0 Å². The fourth-order valence-corrected chi connectivity index (χ4v) is 3.77. The van der Waals surface area contributed by atoms with E-state index < -0.39 is 0 Å². The molecular weight excluding hydrogens is 292 g/mol. The summed E-state index contributed by atoms with van der Waals surface area (Å²) >= 11 is 0. The molecule has 0 bridgehead atoms. The Kier molecular flexibility index (Phi) is 5.64. The van der Waals surface area contributed by atoms with E-state index in [1.807, 2.05) is 12.1 Å². The van der Waals surface area contributed by atoms with Crippen molar-refractivity contribution >= 4 is 0 Å². The molecule has 124 valence electrons. The Labute approximate surface area is 145 Å². The first kappa shape index (κ1) is 16.7. The average molecular weight is 318 g/mol. The summed E-state index contributed by atoms with van der Waals surface area (Å²) in [4.78, 5) is 4.49. The molecule has 2 aromatic rings. The second-order valence-electron chi connectivity index (χ2n) is 6.98. The summed E-state index contributed by atoms with van der Waals surface area (Å²) in [6, 6.07) is 15.4. The predicted octanol–water partition coefficient (Wildman–Crippen LogP) is 5.74. The highest BCUT2D eigenvalue weighted by atomic mass is 14.7. The standard InChI is InChI=1S/C22H26N2/c1-2-3-4-17-5-8-19(9-6-17)20-10-12-21(13-11-20)22-14-7-18(15-23)16-24-22/h5-9,14,16,20-21H,2-4,10-13H2,1H3. The maximum Gasteiger partial charge on any atom is 0.101 e. The number of hydrogen-bond donors (Lipinski definition) is 0. The molecule has 0 spiro atoms. The number of nitriles is 1. The Bertz CT molecular complexity index is 671. The Balaban J connectivity index is 1.57. The lowest BCUT2D eigenvalue weighted by Gasteiger charge is -2.28. The van der Waals surface area contributed by atoms with Crippen molar-refractivity contribution in [3.05, 3.63) is 65.0 Å². The van der Waals surface area contributed by atoms with Crippen LogP contribution >= 0.6 is 0 Å². The molecule has 0 N–H and O–H groups in total. The molecule has 0 saturated heterocycles. The van der Waals surface area contributed by atoms with Gasteiger partial charge in [-0.25, -0.2) is 0 Å². The van der Waals surface area contributed by atoms with Crippen molar-refractivity contribution in [2.24, 2.45) is 0 Å². The topological polar surface area (TPSA) is 36.7 Å². The normalized spacial score (nSPS) is 20.5. The van der Waals surface area contributed by atoms with E-state index in [4.69, 9.17) is 5.26 Å². The van der Waals surface area contributed by atoms with Gasteiger partial charge in [0.05, 0.1) is 5.56 Å². The van der Waals surface area contributed by atoms with E-state index in [0.29, 0.717) is 17.4 Å². The zero-order valence-electron chi connectivity index (χ0n) is 14.5. The van der Waals surface area contributed by atoms with Gasteiger partial charge in [-0.3, -0.25) is 4.98 Å². The van der Waals surface area contributed by atoms with Crippen molar-refractivity contribution in [3.8, 4) is 6.07 Å². The maximum atomic E-state index is 8.88. The van der Waals surface area contributed by atoms with Crippen LogP contribution in [-0.4, -0.2) is 4.98 Å². The van der Waals surface area contributed by atoms with E-state index in [2.05, 4.69) is 42.2 Å². The van der Waals surface area contributed by atoms with Gasteiger partial charge >= 0.3 is 0 Å². The third-order valence-corrected chi connectivity index (χ3v) is 5.33. The monoisotopic (exact) mass is 318 g/mol. The SMILES string of the molecule is CCCCc1ccc(C2CCC(c3ccc(C#N)cn3)CC2)cc1. The molecule has 1 aromatic carbocycles. The molecule has 1 aliphatic carbocycles. The lowest BCUT2D eigenvalue weighted by atomic mass is 9.77. The van der Waals surface area contributed by atoms with Crippen molar-refractivity contribution < 1.29 is 0 Å².